The Morgan fingerprint density at radius 2 is 2.50 bits per heavy atom. The lowest BCUT2D eigenvalue weighted by atomic mass is 10.1. The molecule has 1 aliphatic heterocycles. The predicted octanol–water partition coefficient (Wildman–Crippen LogP) is 2.09. The molecule has 4 heteroatoms. The van der Waals surface area contributed by atoms with E-state index in [9.17, 15) is 9.18 Å². The fraction of sp³-hybridized carbons (Fsp3) is 0.500. The number of aromatic nitrogens is 1. The molecule has 0 aliphatic carbocycles. The molecule has 0 saturated carbocycles. The monoisotopic (exact) mass is 222 g/mol. The van der Waals surface area contributed by atoms with Gasteiger partial charge in [0.25, 0.3) is 5.91 Å². The van der Waals surface area contributed by atoms with Gasteiger partial charge >= 0.3 is 0 Å². The minimum atomic E-state index is -0.600. The van der Waals surface area contributed by atoms with Crippen molar-refractivity contribution in [2.75, 3.05) is 13.1 Å². The van der Waals surface area contributed by atoms with Gasteiger partial charge in [0.2, 0.25) is 5.95 Å². The average Bonchev–Trinajstić information content (AvgIpc) is 2.76. The maximum absolute atomic E-state index is 12.9. The molecule has 0 aromatic carbocycles. The van der Waals surface area contributed by atoms with E-state index in [0.717, 1.165) is 25.9 Å². The molecule has 1 fully saturated rings. The van der Waals surface area contributed by atoms with Crippen LogP contribution in [0.25, 0.3) is 0 Å². The lowest BCUT2D eigenvalue weighted by Crippen LogP contribution is -2.28. The van der Waals surface area contributed by atoms with Gasteiger partial charge in [-0.2, -0.15) is 4.39 Å². The SMILES string of the molecule is CCC1CCN(C(=O)c2ccnc(F)c2)C1. The summed E-state index contributed by atoms with van der Waals surface area (Å²) in [6.45, 7) is 3.70. The number of likely N-dealkylation sites (tertiary alicyclic amines) is 1. The van der Waals surface area contributed by atoms with E-state index >= 15 is 0 Å². The first-order valence-electron chi connectivity index (χ1n) is 5.61. The summed E-state index contributed by atoms with van der Waals surface area (Å²) in [5.41, 5.74) is 0.393. The fourth-order valence-electron chi connectivity index (χ4n) is 2.07. The molecular formula is C12H15FN2O. The second-order valence-corrected chi connectivity index (χ2v) is 4.18. The molecule has 86 valence electrons. The number of rotatable bonds is 2. The molecule has 1 amide bonds. The predicted molar refractivity (Wildman–Crippen MR) is 58.5 cm³/mol. The Morgan fingerprint density at radius 3 is 3.12 bits per heavy atom. The van der Waals surface area contributed by atoms with Crippen molar-refractivity contribution in [1.29, 1.82) is 0 Å². The van der Waals surface area contributed by atoms with Crippen molar-refractivity contribution < 1.29 is 9.18 Å². The Labute approximate surface area is 94.3 Å². The van der Waals surface area contributed by atoms with E-state index in [0.29, 0.717) is 11.5 Å². The number of halogens is 1. The van der Waals surface area contributed by atoms with Crippen LogP contribution in [0.3, 0.4) is 0 Å². The molecule has 16 heavy (non-hydrogen) atoms. The molecular weight excluding hydrogens is 207 g/mol. The van der Waals surface area contributed by atoms with Crippen LogP contribution >= 0.6 is 0 Å². The van der Waals surface area contributed by atoms with Crippen LogP contribution in [-0.2, 0) is 0 Å². The minimum absolute atomic E-state index is 0.0859. The molecule has 1 aromatic heterocycles. The molecule has 2 heterocycles. The lowest BCUT2D eigenvalue weighted by Gasteiger charge is -2.16. The maximum Gasteiger partial charge on any atom is 0.254 e. The van der Waals surface area contributed by atoms with Crippen LogP contribution in [0.1, 0.15) is 30.1 Å². The van der Waals surface area contributed by atoms with Gasteiger partial charge in [-0.1, -0.05) is 13.3 Å². The summed E-state index contributed by atoms with van der Waals surface area (Å²) in [6, 6.07) is 2.76. The number of hydrogen-bond acceptors (Lipinski definition) is 2. The quantitative estimate of drug-likeness (QED) is 0.718. The second kappa shape index (κ2) is 4.60. The number of carbonyl (C=O) groups is 1. The van der Waals surface area contributed by atoms with Gasteiger partial charge in [0.15, 0.2) is 0 Å². The van der Waals surface area contributed by atoms with E-state index in [2.05, 4.69) is 11.9 Å². The Morgan fingerprint density at radius 1 is 1.69 bits per heavy atom. The molecule has 1 atom stereocenters. The summed E-state index contributed by atoms with van der Waals surface area (Å²) in [4.78, 5) is 17.2. The lowest BCUT2D eigenvalue weighted by molar-refractivity contribution is 0.0786. The number of hydrogen-bond donors (Lipinski definition) is 0. The third-order valence-electron chi connectivity index (χ3n) is 3.12. The standard InChI is InChI=1S/C12H15FN2O/c1-2-9-4-6-15(8-9)12(16)10-3-5-14-11(13)7-10/h3,5,7,9H,2,4,6,8H2,1H3. The van der Waals surface area contributed by atoms with Crippen molar-refractivity contribution in [1.82, 2.24) is 9.88 Å². The molecule has 1 aliphatic rings. The van der Waals surface area contributed by atoms with Gasteiger partial charge in [-0.15, -0.1) is 0 Å². The molecule has 1 aromatic rings. The molecule has 0 radical (unpaired) electrons. The Hall–Kier alpha value is -1.45. The van der Waals surface area contributed by atoms with Crippen LogP contribution in [-0.4, -0.2) is 28.9 Å². The van der Waals surface area contributed by atoms with E-state index in [1.165, 1.54) is 12.3 Å². The summed E-state index contributed by atoms with van der Waals surface area (Å²) < 4.78 is 12.9. The zero-order valence-corrected chi connectivity index (χ0v) is 9.32. The van der Waals surface area contributed by atoms with Crippen molar-refractivity contribution in [2.45, 2.75) is 19.8 Å². The first-order chi connectivity index (χ1) is 7.70. The Kier molecular flexibility index (Phi) is 3.17. The highest BCUT2D eigenvalue weighted by molar-refractivity contribution is 5.94. The van der Waals surface area contributed by atoms with E-state index in [4.69, 9.17) is 0 Å². The highest BCUT2D eigenvalue weighted by Gasteiger charge is 2.25. The topological polar surface area (TPSA) is 33.2 Å². The van der Waals surface area contributed by atoms with Gasteiger partial charge in [0.05, 0.1) is 0 Å². The summed E-state index contributed by atoms with van der Waals surface area (Å²) in [6.07, 6.45) is 3.47. The average molecular weight is 222 g/mol. The Balaban J connectivity index is 2.08. The second-order valence-electron chi connectivity index (χ2n) is 4.18. The highest BCUT2D eigenvalue weighted by Crippen LogP contribution is 2.20. The Bertz CT molecular complexity index is 394. The minimum Gasteiger partial charge on any atom is -0.338 e. The molecule has 1 unspecified atom stereocenters. The summed E-state index contributed by atoms with van der Waals surface area (Å²) >= 11 is 0. The fourth-order valence-corrected chi connectivity index (χ4v) is 2.07. The van der Waals surface area contributed by atoms with Crippen LogP contribution in [0.2, 0.25) is 0 Å². The molecule has 2 rings (SSSR count). The van der Waals surface area contributed by atoms with Crippen LogP contribution in [0.4, 0.5) is 4.39 Å². The third-order valence-corrected chi connectivity index (χ3v) is 3.12. The molecule has 1 saturated heterocycles. The zero-order valence-electron chi connectivity index (χ0n) is 9.32. The van der Waals surface area contributed by atoms with E-state index in [1.54, 1.807) is 11.0 Å². The normalized spacial score (nSPS) is 20.1. The smallest absolute Gasteiger partial charge is 0.254 e. The van der Waals surface area contributed by atoms with Crippen LogP contribution < -0.4 is 0 Å². The van der Waals surface area contributed by atoms with E-state index in [1.807, 2.05) is 0 Å². The van der Waals surface area contributed by atoms with Crippen molar-refractivity contribution in [3.63, 3.8) is 0 Å². The third kappa shape index (κ3) is 2.21. The molecule has 3 nitrogen and oxygen atoms in total. The number of nitrogens with zero attached hydrogens (tertiary/aromatic N) is 2. The zero-order chi connectivity index (χ0) is 11.5. The first kappa shape index (κ1) is 11.0. The summed E-state index contributed by atoms with van der Waals surface area (Å²) in [5, 5.41) is 0. The van der Waals surface area contributed by atoms with Crippen molar-refractivity contribution >= 4 is 5.91 Å². The number of carbonyl (C=O) groups excluding carboxylic acids is 1. The van der Waals surface area contributed by atoms with Gasteiger partial charge in [-0.25, -0.2) is 4.98 Å². The number of amides is 1. The van der Waals surface area contributed by atoms with Gasteiger partial charge in [0, 0.05) is 30.9 Å². The summed E-state index contributed by atoms with van der Waals surface area (Å²) in [5.74, 6) is -0.0926. The van der Waals surface area contributed by atoms with Gasteiger partial charge in [-0.3, -0.25) is 4.79 Å². The first-order valence-corrected chi connectivity index (χ1v) is 5.61. The highest BCUT2D eigenvalue weighted by atomic mass is 19.1. The number of pyridine rings is 1. The van der Waals surface area contributed by atoms with Crippen LogP contribution in [0.5, 0.6) is 0 Å². The van der Waals surface area contributed by atoms with Gasteiger partial charge < -0.3 is 4.90 Å². The maximum atomic E-state index is 12.9. The van der Waals surface area contributed by atoms with Gasteiger partial charge in [0.1, 0.15) is 0 Å². The van der Waals surface area contributed by atoms with E-state index < -0.39 is 5.95 Å². The van der Waals surface area contributed by atoms with Crippen molar-refractivity contribution in [2.24, 2.45) is 5.92 Å². The van der Waals surface area contributed by atoms with Crippen LogP contribution in [0, 0.1) is 11.9 Å². The van der Waals surface area contributed by atoms with Crippen molar-refractivity contribution in [3.8, 4) is 0 Å². The van der Waals surface area contributed by atoms with Crippen LogP contribution in [0.15, 0.2) is 18.3 Å². The van der Waals surface area contributed by atoms with Gasteiger partial charge in [-0.05, 0) is 18.4 Å². The molecule has 0 spiro atoms. The van der Waals surface area contributed by atoms with E-state index in [-0.39, 0.29) is 5.91 Å². The largest absolute Gasteiger partial charge is 0.338 e. The summed E-state index contributed by atoms with van der Waals surface area (Å²) in [7, 11) is 0. The van der Waals surface area contributed by atoms with Crippen molar-refractivity contribution in [3.05, 3.63) is 29.8 Å². The molecule has 0 N–H and O–H groups in total. The molecule has 0 bridgehead atoms.